The average Bonchev–Trinajstić information content (AvgIpc) is 3.04. The summed E-state index contributed by atoms with van der Waals surface area (Å²) >= 11 is 0. The van der Waals surface area contributed by atoms with Crippen LogP contribution in [0.25, 0.3) is 16.5 Å². The summed E-state index contributed by atoms with van der Waals surface area (Å²) in [5.74, 6) is 0.0991. The summed E-state index contributed by atoms with van der Waals surface area (Å²) in [5, 5.41) is 1.22. The van der Waals surface area contributed by atoms with Crippen molar-refractivity contribution in [3.8, 4) is 0 Å². The van der Waals surface area contributed by atoms with Crippen LogP contribution in [0.2, 0.25) is 0 Å². The van der Waals surface area contributed by atoms with Crippen LogP contribution in [0.4, 0.5) is 0 Å². The minimum Gasteiger partial charge on any atom is -0.297 e. The average molecular weight is 368 g/mol. The van der Waals surface area contributed by atoms with Crippen molar-refractivity contribution >= 4 is 22.4 Å². The van der Waals surface area contributed by atoms with E-state index in [1.54, 1.807) is 0 Å². The summed E-state index contributed by atoms with van der Waals surface area (Å²) in [7, 11) is 0. The van der Waals surface area contributed by atoms with Crippen molar-refractivity contribution in [1.29, 1.82) is 0 Å². The Labute approximate surface area is 163 Å². The van der Waals surface area contributed by atoms with Crippen LogP contribution in [0.1, 0.15) is 64.9 Å². The number of aromatic nitrogens is 1. The van der Waals surface area contributed by atoms with Gasteiger partial charge in [-0.1, -0.05) is 50.5 Å². The van der Waals surface area contributed by atoms with E-state index in [0.29, 0.717) is 12.5 Å². The zero-order valence-corrected chi connectivity index (χ0v) is 17.0. The fraction of sp³-hybridized carbons (Fsp3) is 0.522. The lowest BCUT2D eigenvalue weighted by molar-refractivity contribution is -0.117. The van der Waals surface area contributed by atoms with Gasteiger partial charge in [0.2, 0.25) is 5.91 Å². The highest BCUT2D eigenvalue weighted by Gasteiger charge is 2.18. The molecule has 0 fully saturated rings. The molecule has 1 aliphatic heterocycles. The van der Waals surface area contributed by atoms with Gasteiger partial charge < -0.3 is 0 Å². The monoisotopic (exact) mass is 367 g/mol. The van der Waals surface area contributed by atoms with E-state index in [1.165, 1.54) is 29.4 Å². The molecule has 2 aromatic rings. The van der Waals surface area contributed by atoms with Gasteiger partial charge >= 0.3 is 0 Å². The Morgan fingerprint density at radius 1 is 1.19 bits per heavy atom. The number of amides is 1. The Morgan fingerprint density at radius 2 is 2.00 bits per heavy atom. The molecule has 3 rings (SSSR count). The third-order valence-electron chi connectivity index (χ3n) is 5.53. The largest absolute Gasteiger partial charge is 0.297 e. The van der Waals surface area contributed by atoms with Crippen LogP contribution in [-0.4, -0.2) is 34.6 Å². The highest BCUT2D eigenvalue weighted by molar-refractivity contribution is 5.95. The minimum atomic E-state index is 0.0991. The van der Waals surface area contributed by atoms with Crippen molar-refractivity contribution in [1.82, 2.24) is 9.58 Å². The fourth-order valence-corrected chi connectivity index (χ4v) is 3.83. The number of nitrogens with one attached hydrogen (secondary N) is 1. The summed E-state index contributed by atoms with van der Waals surface area (Å²) in [4.78, 5) is 14.9. The zero-order chi connectivity index (χ0) is 19.2. The molecular weight excluding hydrogens is 334 g/mol. The van der Waals surface area contributed by atoms with Gasteiger partial charge in [0.25, 0.3) is 0 Å². The lowest BCUT2D eigenvalue weighted by Crippen LogP contribution is -2.34. The summed E-state index contributed by atoms with van der Waals surface area (Å²) < 4.78 is 1.92. The Morgan fingerprint density at radius 3 is 2.70 bits per heavy atom. The fourth-order valence-electron chi connectivity index (χ4n) is 3.83. The van der Waals surface area contributed by atoms with E-state index in [1.807, 2.05) is 10.7 Å². The second-order valence-electron chi connectivity index (χ2n) is 7.84. The number of carbonyl (C=O) groups is 1. The van der Waals surface area contributed by atoms with Crippen LogP contribution in [0.5, 0.6) is 0 Å². The highest BCUT2D eigenvalue weighted by atomic mass is 16.2. The molecular formula is C23H33N3O. The van der Waals surface area contributed by atoms with Crippen molar-refractivity contribution in [2.45, 2.75) is 65.3 Å². The number of hydrogen-bond donors (Lipinski definition) is 1. The van der Waals surface area contributed by atoms with Crippen molar-refractivity contribution in [3.63, 3.8) is 0 Å². The number of carbonyl (C=O) groups excluding carboxylic acids is 1. The van der Waals surface area contributed by atoms with Gasteiger partial charge in [0.1, 0.15) is 0 Å². The maximum Gasteiger partial charge on any atom is 0.238 e. The van der Waals surface area contributed by atoms with E-state index in [2.05, 4.69) is 61.6 Å². The second kappa shape index (κ2) is 9.23. The van der Waals surface area contributed by atoms with Gasteiger partial charge in [-0.05, 0) is 38.3 Å². The molecule has 146 valence electrons. The molecule has 0 spiro atoms. The summed E-state index contributed by atoms with van der Waals surface area (Å²) in [6.07, 6.45) is 10.6. The number of nitrogens with zero attached hydrogens (tertiary/aromatic N) is 2. The molecule has 0 radical (unpaired) electrons. The lowest BCUT2D eigenvalue weighted by Gasteiger charge is -2.29. The standard InChI is InChI=1S/C23H33N3O/c1-4-5-6-7-12-23(27)24-26-17-21(20-10-8-9-11-22(20)26)19-13-15-25(16-14-19)18(2)3/h8-11,13,17-18H,4-7,12,14-16H2,1-3H3,(H,24,27). The highest BCUT2D eigenvalue weighted by Crippen LogP contribution is 2.31. The van der Waals surface area contributed by atoms with Crippen LogP contribution in [-0.2, 0) is 4.79 Å². The molecule has 2 heterocycles. The van der Waals surface area contributed by atoms with E-state index >= 15 is 0 Å². The predicted octanol–water partition coefficient (Wildman–Crippen LogP) is 5.18. The van der Waals surface area contributed by atoms with Crippen LogP contribution in [0.3, 0.4) is 0 Å². The normalized spacial score (nSPS) is 15.3. The Balaban J connectivity index is 1.77. The maximum absolute atomic E-state index is 12.4. The van der Waals surface area contributed by atoms with Crippen molar-refractivity contribution < 1.29 is 4.79 Å². The quantitative estimate of drug-likeness (QED) is 0.653. The number of rotatable bonds is 8. The zero-order valence-electron chi connectivity index (χ0n) is 17.0. The number of benzene rings is 1. The molecule has 27 heavy (non-hydrogen) atoms. The Bertz CT molecular complexity index is 803. The van der Waals surface area contributed by atoms with Gasteiger partial charge in [0.05, 0.1) is 5.52 Å². The van der Waals surface area contributed by atoms with Crippen molar-refractivity contribution in [3.05, 3.63) is 42.1 Å². The number of fused-ring (bicyclic) bond motifs is 1. The van der Waals surface area contributed by atoms with Crippen LogP contribution >= 0.6 is 0 Å². The van der Waals surface area contributed by atoms with Crippen LogP contribution < -0.4 is 5.43 Å². The number of para-hydroxylation sites is 1. The first-order valence-electron chi connectivity index (χ1n) is 10.4. The van der Waals surface area contributed by atoms with Gasteiger partial charge in [-0.25, -0.2) is 0 Å². The first-order chi connectivity index (χ1) is 13.1. The molecule has 0 saturated carbocycles. The summed E-state index contributed by atoms with van der Waals surface area (Å²) in [5.41, 5.74) is 6.80. The van der Waals surface area contributed by atoms with E-state index < -0.39 is 0 Å². The number of hydrogen-bond acceptors (Lipinski definition) is 2. The molecule has 1 amide bonds. The van der Waals surface area contributed by atoms with Gasteiger partial charge in [0, 0.05) is 42.7 Å². The SMILES string of the molecule is CCCCCCC(=O)Nn1cc(C2=CCN(C(C)C)CC2)c2ccccc21. The van der Waals surface area contributed by atoms with Crippen molar-refractivity contribution in [2.75, 3.05) is 18.5 Å². The smallest absolute Gasteiger partial charge is 0.238 e. The molecule has 0 saturated heterocycles. The van der Waals surface area contributed by atoms with E-state index in [4.69, 9.17) is 0 Å². The molecule has 0 bridgehead atoms. The van der Waals surface area contributed by atoms with Gasteiger partial charge in [-0.2, -0.15) is 0 Å². The van der Waals surface area contributed by atoms with E-state index in [0.717, 1.165) is 37.9 Å². The Kier molecular flexibility index (Phi) is 6.73. The van der Waals surface area contributed by atoms with E-state index in [9.17, 15) is 4.79 Å². The molecule has 1 aromatic heterocycles. The summed E-state index contributed by atoms with van der Waals surface area (Å²) in [6.45, 7) is 8.78. The first-order valence-corrected chi connectivity index (χ1v) is 10.4. The summed E-state index contributed by atoms with van der Waals surface area (Å²) in [6, 6.07) is 8.93. The minimum absolute atomic E-state index is 0.0991. The molecule has 1 N–H and O–H groups in total. The topological polar surface area (TPSA) is 37.3 Å². The molecule has 4 nitrogen and oxygen atoms in total. The van der Waals surface area contributed by atoms with Gasteiger partial charge in [-0.3, -0.25) is 19.8 Å². The molecule has 1 aromatic carbocycles. The lowest BCUT2D eigenvalue weighted by atomic mass is 9.98. The molecule has 0 atom stereocenters. The maximum atomic E-state index is 12.4. The second-order valence-corrected chi connectivity index (χ2v) is 7.84. The molecule has 0 unspecified atom stereocenters. The molecule has 4 heteroatoms. The Hall–Kier alpha value is -2.07. The predicted molar refractivity (Wildman–Crippen MR) is 114 cm³/mol. The third kappa shape index (κ3) is 4.81. The van der Waals surface area contributed by atoms with Crippen molar-refractivity contribution in [2.24, 2.45) is 0 Å². The molecule has 0 aliphatic carbocycles. The van der Waals surface area contributed by atoms with Gasteiger partial charge in [-0.15, -0.1) is 0 Å². The van der Waals surface area contributed by atoms with Gasteiger partial charge in [0.15, 0.2) is 0 Å². The third-order valence-corrected chi connectivity index (χ3v) is 5.53. The number of unbranched alkanes of at least 4 members (excludes halogenated alkanes) is 3. The van der Waals surface area contributed by atoms with E-state index in [-0.39, 0.29) is 5.91 Å². The van der Waals surface area contributed by atoms with Crippen LogP contribution in [0.15, 0.2) is 36.5 Å². The molecule has 1 aliphatic rings. The van der Waals surface area contributed by atoms with Crippen LogP contribution in [0, 0.1) is 0 Å². The first kappa shape index (κ1) is 19.7.